The quantitative estimate of drug-likeness (QED) is 0.354. The number of non-ortho nitro benzene ring substituents is 1. The largest absolute Gasteiger partial charge is 0.462 e. The molecule has 0 heterocycles. The van der Waals surface area contributed by atoms with Gasteiger partial charge in [-0.05, 0) is 37.3 Å². The highest BCUT2D eigenvalue weighted by Crippen LogP contribution is 2.21. The lowest BCUT2D eigenvalue weighted by Crippen LogP contribution is -2.12. The molecule has 0 spiro atoms. The summed E-state index contributed by atoms with van der Waals surface area (Å²) in [5, 5.41) is 11.5. The van der Waals surface area contributed by atoms with Crippen LogP contribution in [-0.2, 0) is 4.74 Å². The number of nitrogens with zero attached hydrogens (tertiary/aromatic N) is 1. The molecule has 2 aromatic rings. The normalized spacial score (nSPS) is 10.1. The number of benzene rings is 2. The number of rotatable bonds is 5. The lowest BCUT2D eigenvalue weighted by atomic mass is 10.1. The van der Waals surface area contributed by atoms with E-state index in [-0.39, 0.29) is 23.5 Å². The third kappa shape index (κ3) is 4.30. The van der Waals surface area contributed by atoms with Gasteiger partial charge in [-0.3, -0.25) is 10.1 Å². The van der Waals surface area contributed by atoms with Gasteiger partial charge in [-0.1, -0.05) is 11.6 Å². The van der Waals surface area contributed by atoms with Crippen molar-refractivity contribution in [3.8, 4) is 5.75 Å². The molecule has 0 aliphatic rings. The summed E-state index contributed by atoms with van der Waals surface area (Å²) >= 11 is 5.74. The Kier molecular flexibility index (Phi) is 5.49. The smallest absolute Gasteiger partial charge is 0.343 e. The maximum atomic E-state index is 12.2. The van der Waals surface area contributed by atoms with E-state index in [1.54, 1.807) is 6.92 Å². The monoisotopic (exact) mass is 349 g/mol. The topological polar surface area (TPSA) is 95.7 Å². The van der Waals surface area contributed by atoms with Crippen LogP contribution in [0.15, 0.2) is 42.5 Å². The summed E-state index contributed by atoms with van der Waals surface area (Å²) in [7, 11) is 0. The summed E-state index contributed by atoms with van der Waals surface area (Å²) in [4.78, 5) is 34.2. The van der Waals surface area contributed by atoms with Crippen molar-refractivity contribution in [3.05, 3.63) is 68.7 Å². The fourth-order valence-electron chi connectivity index (χ4n) is 1.84. The van der Waals surface area contributed by atoms with Gasteiger partial charge in [0.25, 0.3) is 5.69 Å². The van der Waals surface area contributed by atoms with Crippen LogP contribution in [0.5, 0.6) is 5.75 Å². The van der Waals surface area contributed by atoms with E-state index < -0.39 is 22.5 Å². The lowest BCUT2D eigenvalue weighted by molar-refractivity contribution is -0.384. The zero-order valence-corrected chi connectivity index (χ0v) is 13.3. The Morgan fingerprint density at radius 1 is 1.08 bits per heavy atom. The Hall–Kier alpha value is -2.93. The van der Waals surface area contributed by atoms with Gasteiger partial charge >= 0.3 is 11.9 Å². The lowest BCUT2D eigenvalue weighted by Gasteiger charge is -2.07. The molecule has 0 N–H and O–H groups in total. The fraction of sp³-hybridized carbons (Fsp3) is 0.125. The number of halogens is 1. The van der Waals surface area contributed by atoms with Crippen LogP contribution in [0.3, 0.4) is 0 Å². The van der Waals surface area contributed by atoms with E-state index in [2.05, 4.69) is 0 Å². The number of esters is 2. The fourth-order valence-corrected chi connectivity index (χ4v) is 1.96. The maximum Gasteiger partial charge on any atom is 0.343 e. The molecule has 0 saturated carbocycles. The highest BCUT2D eigenvalue weighted by Gasteiger charge is 2.20. The minimum Gasteiger partial charge on any atom is -0.462 e. The Balaban J connectivity index is 2.33. The Labute approximate surface area is 141 Å². The maximum absolute atomic E-state index is 12.2. The van der Waals surface area contributed by atoms with E-state index in [0.717, 1.165) is 12.1 Å². The van der Waals surface area contributed by atoms with Gasteiger partial charge < -0.3 is 9.47 Å². The van der Waals surface area contributed by atoms with Gasteiger partial charge in [0.15, 0.2) is 0 Å². The molecule has 124 valence electrons. The number of carbonyl (C=O) groups is 2. The van der Waals surface area contributed by atoms with E-state index >= 15 is 0 Å². The van der Waals surface area contributed by atoms with Gasteiger partial charge in [0.05, 0.1) is 22.7 Å². The van der Waals surface area contributed by atoms with Crippen molar-refractivity contribution < 1.29 is 24.0 Å². The first-order valence-corrected chi connectivity index (χ1v) is 7.23. The van der Waals surface area contributed by atoms with Crippen LogP contribution in [0.1, 0.15) is 27.6 Å². The number of nitro benzene ring substituents is 1. The van der Waals surface area contributed by atoms with E-state index in [9.17, 15) is 19.7 Å². The first-order valence-electron chi connectivity index (χ1n) is 6.85. The molecule has 24 heavy (non-hydrogen) atoms. The molecule has 0 amide bonds. The third-order valence-corrected chi connectivity index (χ3v) is 3.15. The molecule has 0 fully saturated rings. The molecule has 0 aromatic heterocycles. The minimum absolute atomic E-state index is 0.103. The van der Waals surface area contributed by atoms with Crippen LogP contribution in [0.25, 0.3) is 0 Å². The summed E-state index contributed by atoms with van der Waals surface area (Å²) in [6, 6.07) is 9.26. The standard InChI is InChI=1S/C16H12ClNO6/c1-2-23-15(19)10-7-11(9-13(8-10)18(21)22)16(20)24-14-5-3-12(17)4-6-14/h3-9H,2H2,1H3. The molecule has 2 rings (SSSR count). The summed E-state index contributed by atoms with van der Waals surface area (Å²) < 4.78 is 9.91. The number of hydrogen-bond acceptors (Lipinski definition) is 6. The minimum atomic E-state index is -0.841. The van der Waals surface area contributed by atoms with E-state index in [0.29, 0.717) is 5.02 Å². The van der Waals surface area contributed by atoms with Gasteiger partial charge in [-0.15, -0.1) is 0 Å². The number of hydrogen-bond donors (Lipinski definition) is 0. The van der Waals surface area contributed by atoms with Crippen molar-refractivity contribution in [1.82, 2.24) is 0 Å². The van der Waals surface area contributed by atoms with Crippen LogP contribution in [-0.4, -0.2) is 23.5 Å². The van der Waals surface area contributed by atoms with Gasteiger partial charge in [-0.2, -0.15) is 0 Å². The van der Waals surface area contributed by atoms with E-state index in [4.69, 9.17) is 21.1 Å². The first kappa shape index (κ1) is 17.4. The second kappa shape index (κ2) is 7.56. The molecule has 0 bridgehead atoms. The van der Waals surface area contributed by atoms with Crippen LogP contribution in [0.4, 0.5) is 5.69 Å². The molecule has 0 radical (unpaired) electrons. The Morgan fingerprint density at radius 3 is 2.21 bits per heavy atom. The molecular weight excluding hydrogens is 338 g/mol. The predicted octanol–water partition coefficient (Wildman–Crippen LogP) is 3.64. The molecule has 0 saturated heterocycles. The van der Waals surface area contributed by atoms with Gasteiger partial charge in [0.2, 0.25) is 0 Å². The second-order valence-corrected chi connectivity index (χ2v) is 5.03. The Morgan fingerprint density at radius 2 is 1.67 bits per heavy atom. The predicted molar refractivity (Wildman–Crippen MR) is 85.5 cm³/mol. The van der Waals surface area contributed by atoms with Crippen LogP contribution in [0.2, 0.25) is 5.02 Å². The summed E-state index contributed by atoms with van der Waals surface area (Å²) in [6.07, 6.45) is 0. The van der Waals surface area contributed by atoms with Crippen molar-refractivity contribution in [2.75, 3.05) is 6.61 Å². The number of nitro groups is 1. The zero-order chi connectivity index (χ0) is 17.7. The summed E-state index contributed by atoms with van der Waals surface area (Å²) in [6.45, 7) is 1.71. The molecule has 0 aliphatic carbocycles. The van der Waals surface area contributed by atoms with Crippen molar-refractivity contribution in [3.63, 3.8) is 0 Å². The molecule has 8 heteroatoms. The summed E-state index contributed by atoms with van der Waals surface area (Å²) in [5.41, 5.74) is -0.653. The van der Waals surface area contributed by atoms with Crippen molar-refractivity contribution >= 4 is 29.2 Å². The SMILES string of the molecule is CCOC(=O)c1cc(C(=O)Oc2ccc(Cl)cc2)cc([N+](=O)[O-])c1. The first-order chi connectivity index (χ1) is 11.4. The molecular formula is C16H12ClNO6. The van der Waals surface area contributed by atoms with Gasteiger partial charge in [0, 0.05) is 17.2 Å². The number of ether oxygens (including phenoxy) is 2. The highest BCUT2D eigenvalue weighted by atomic mass is 35.5. The Bertz CT molecular complexity index is 788. The average Bonchev–Trinajstić information content (AvgIpc) is 2.56. The highest BCUT2D eigenvalue weighted by molar-refractivity contribution is 6.30. The van der Waals surface area contributed by atoms with Gasteiger partial charge in [-0.25, -0.2) is 9.59 Å². The second-order valence-electron chi connectivity index (χ2n) is 4.59. The molecule has 2 aromatic carbocycles. The summed E-state index contributed by atoms with van der Waals surface area (Å²) in [5.74, 6) is -1.39. The average molecular weight is 350 g/mol. The van der Waals surface area contributed by atoms with E-state index in [1.165, 1.54) is 30.3 Å². The molecule has 0 aliphatic heterocycles. The number of carbonyl (C=O) groups excluding carboxylic acids is 2. The van der Waals surface area contributed by atoms with Gasteiger partial charge in [0.1, 0.15) is 5.75 Å². The van der Waals surface area contributed by atoms with Crippen molar-refractivity contribution in [2.45, 2.75) is 6.92 Å². The third-order valence-electron chi connectivity index (χ3n) is 2.90. The van der Waals surface area contributed by atoms with Crippen molar-refractivity contribution in [2.24, 2.45) is 0 Å². The molecule has 7 nitrogen and oxygen atoms in total. The van der Waals surface area contributed by atoms with Crippen LogP contribution >= 0.6 is 11.6 Å². The zero-order valence-electron chi connectivity index (χ0n) is 12.5. The molecule has 0 unspecified atom stereocenters. The van der Waals surface area contributed by atoms with Crippen LogP contribution < -0.4 is 4.74 Å². The molecule has 0 atom stereocenters. The van der Waals surface area contributed by atoms with Crippen LogP contribution in [0, 0.1) is 10.1 Å². The van der Waals surface area contributed by atoms with Crippen molar-refractivity contribution in [1.29, 1.82) is 0 Å². The van der Waals surface area contributed by atoms with E-state index in [1.807, 2.05) is 0 Å².